The van der Waals surface area contributed by atoms with Gasteiger partial charge < -0.3 is 15.5 Å². The standard InChI is InChI=1S/C17H23N3O/c21-17(19-16-11-20-7-5-12(16)6-8-20)14-9-13-3-1-2-4-15(13)18-10-14/h1-4,12,14,16,18H,5-11H2,(H,19,21). The zero-order valence-electron chi connectivity index (χ0n) is 12.3. The van der Waals surface area contributed by atoms with Gasteiger partial charge in [0.1, 0.15) is 0 Å². The zero-order chi connectivity index (χ0) is 14.2. The van der Waals surface area contributed by atoms with Gasteiger partial charge >= 0.3 is 0 Å². The molecule has 2 atom stereocenters. The number of nitrogens with one attached hydrogen (secondary N) is 2. The molecule has 0 spiro atoms. The Morgan fingerprint density at radius 3 is 2.81 bits per heavy atom. The molecular formula is C17H23N3O. The molecule has 1 aromatic rings. The van der Waals surface area contributed by atoms with Gasteiger partial charge in [0.05, 0.1) is 5.92 Å². The summed E-state index contributed by atoms with van der Waals surface area (Å²) in [6.45, 7) is 4.24. The number of benzene rings is 1. The topological polar surface area (TPSA) is 44.4 Å². The molecular weight excluding hydrogens is 262 g/mol. The molecule has 3 saturated heterocycles. The number of hydrogen-bond acceptors (Lipinski definition) is 3. The summed E-state index contributed by atoms with van der Waals surface area (Å²) in [7, 11) is 0. The summed E-state index contributed by atoms with van der Waals surface area (Å²) >= 11 is 0. The third kappa shape index (κ3) is 2.53. The van der Waals surface area contributed by atoms with Crippen LogP contribution in [0.1, 0.15) is 18.4 Å². The van der Waals surface area contributed by atoms with Gasteiger partial charge in [0, 0.05) is 24.8 Å². The molecule has 4 aliphatic rings. The lowest BCUT2D eigenvalue weighted by Gasteiger charge is -2.45. The Hall–Kier alpha value is -1.55. The van der Waals surface area contributed by atoms with E-state index in [1.807, 2.05) is 12.1 Å². The third-order valence-corrected chi connectivity index (χ3v) is 5.38. The fraction of sp³-hybridized carbons (Fsp3) is 0.588. The van der Waals surface area contributed by atoms with E-state index in [4.69, 9.17) is 0 Å². The van der Waals surface area contributed by atoms with Crippen molar-refractivity contribution in [2.75, 3.05) is 31.5 Å². The number of carbonyl (C=O) groups is 1. The molecule has 0 aromatic heterocycles. The number of amides is 1. The van der Waals surface area contributed by atoms with Crippen molar-refractivity contribution in [1.29, 1.82) is 0 Å². The number of carbonyl (C=O) groups excluding carboxylic acids is 1. The third-order valence-electron chi connectivity index (χ3n) is 5.38. The Bertz CT molecular complexity index is 537. The lowest BCUT2D eigenvalue weighted by atomic mass is 9.83. The summed E-state index contributed by atoms with van der Waals surface area (Å²) in [4.78, 5) is 15.1. The molecule has 2 N–H and O–H groups in total. The van der Waals surface area contributed by atoms with Gasteiger partial charge in [-0.25, -0.2) is 0 Å². The van der Waals surface area contributed by atoms with Crippen LogP contribution in [-0.2, 0) is 11.2 Å². The number of rotatable bonds is 2. The maximum atomic E-state index is 12.6. The van der Waals surface area contributed by atoms with Crippen LogP contribution < -0.4 is 10.6 Å². The van der Waals surface area contributed by atoms with E-state index in [1.165, 1.54) is 37.2 Å². The highest BCUT2D eigenvalue weighted by atomic mass is 16.2. The fourth-order valence-electron chi connectivity index (χ4n) is 4.06. The van der Waals surface area contributed by atoms with Crippen molar-refractivity contribution in [3.63, 3.8) is 0 Å². The molecule has 1 amide bonds. The molecule has 0 aliphatic carbocycles. The first-order valence-corrected chi connectivity index (χ1v) is 8.14. The predicted molar refractivity (Wildman–Crippen MR) is 83.2 cm³/mol. The van der Waals surface area contributed by atoms with Crippen LogP contribution in [0.4, 0.5) is 5.69 Å². The van der Waals surface area contributed by atoms with E-state index < -0.39 is 0 Å². The van der Waals surface area contributed by atoms with Crippen molar-refractivity contribution in [3.05, 3.63) is 29.8 Å². The molecule has 4 heteroatoms. The minimum Gasteiger partial charge on any atom is -0.384 e. The first-order valence-electron chi connectivity index (χ1n) is 8.14. The van der Waals surface area contributed by atoms with Crippen molar-refractivity contribution >= 4 is 11.6 Å². The molecule has 112 valence electrons. The first kappa shape index (κ1) is 13.1. The van der Waals surface area contributed by atoms with Crippen LogP contribution in [-0.4, -0.2) is 43.0 Å². The molecule has 5 rings (SSSR count). The monoisotopic (exact) mass is 285 g/mol. The smallest absolute Gasteiger partial charge is 0.225 e. The molecule has 0 radical (unpaired) electrons. The quantitative estimate of drug-likeness (QED) is 0.865. The van der Waals surface area contributed by atoms with E-state index >= 15 is 0 Å². The Labute approximate surface area is 125 Å². The SMILES string of the molecule is O=C(NC1CN2CCC1CC2)C1CNc2ccccc2C1. The molecule has 4 aliphatic heterocycles. The summed E-state index contributed by atoms with van der Waals surface area (Å²) in [6, 6.07) is 8.68. The lowest BCUT2D eigenvalue weighted by molar-refractivity contribution is -0.126. The van der Waals surface area contributed by atoms with Gasteiger partial charge in [-0.05, 0) is 49.9 Å². The summed E-state index contributed by atoms with van der Waals surface area (Å²) in [5, 5.41) is 6.72. The van der Waals surface area contributed by atoms with Gasteiger partial charge in [-0.3, -0.25) is 4.79 Å². The molecule has 4 heterocycles. The van der Waals surface area contributed by atoms with Crippen LogP contribution in [0.15, 0.2) is 24.3 Å². The number of piperidine rings is 3. The largest absolute Gasteiger partial charge is 0.384 e. The van der Waals surface area contributed by atoms with Crippen LogP contribution in [0.3, 0.4) is 0 Å². The molecule has 0 saturated carbocycles. The van der Waals surface area contributed by atoms with E-state index in [0.29, 0.717) is 12.0 Å². The van der Waals surface area contributed by atoms with E-state index in [0.717, 1.165) is 19.5 Å². The van der Waals surface area contributed by atoms with Gasteiger partial charge in [0.25, 0.3) is 0 Å². The second kappa shape index (κ2) is 5.34. The molecule has 4 nitrogen and oxygen atoms in total. The van der Waals surface area contributed by atoms with Gasteiger partial charge in [0.15, 0.2) is 0 Å². The number of nitrogens with zero attached hydrogens (tertiary/aromatic N) is 1. The predicted octanol–water partition coefficient (Wildman–Crippen LogP) is 1.48. The van der Waals surface area contributed by atoms with Gasteiger partial charge in [0.2, 0.25) is 5.91 Å². The first-order chi connectivity index (χ1) is 10.3. The van der Waals surface area contributed by atoms with Gasteiger partial charge in [-0.1, -0.05) is 18.2 Å². The molecule has 2 unspecified atom stereocenters. The van der Waals surface area contributed by atoms with Gasteiger partial charge in [-0.15, -0.1) is 0 Å². The molecule has 21 heavy (non-hydrogen) atoms. The van der Waals surface area contributed by atoms with Crippen LogP contribution in [0, 0.1) is 11.8 Å². The Morgan fingerprint density at radius 1 is 1.24 bits per heavy atom. The van der Waals surface area contributed by atoms with Crippen LogP contribution in [0.25, 0.3) is 0 Å². The normalized spacial score (nSPS) is 33.9. The van der Waals surface area contributed by atoms with Crippen molar-refractivity contribution in [3.8, 4) is 0 Å². The van der Waals surface area contributed by atoms with Crippen LogP contribution >= 0.6 is 0 Å². The van der Waals surface area contributed by atoms with E-state index in [1.54, 1.807) is 0 Å². The number of para-hydroxylation sites is 1. The Morgan fingerprint density at radius 2 is 2.05 bits per heavy atom. The summed E-state index contributed by atoms with van der Waals surface area (Å²) in [5.74, 6) is 0.994. The average molecular weight is 285 g/mol. The average Bonchev–Trinajstić information content (AvgIpc) is 2.55. The summed E-state index contributed by atoms with van der Waals surface area (Å²) in [5.41, 5.74) is 2.45. The van der Waals surface area contributed by atoms with Crippen LogP contribution in [0.5, 0.6) is 0 Å². The van der Waals surface area contributed by atoms with Crippen molar-refractivity contribution in [2.24, 2.45) is 11.8 Å². The number of hydrogen-bond donors (Lipinski definition) is 2. The summed E-state index contributed by atoms with van der Waals surface area (Å²) < 4.78 is 0. The number of fused-ring (bicyclic) bond motifs is 4. The highest BCUT2D eigenvalue weighted by Crippen LogP contribution is 2.29. The second-order valence-corrected chi connectivity index (χ2v) is 6.69. The van der Waals surface area contributed by atoms with Gasteiger partial charge in [-0.2, -0.15) is 0 Å². The molecule has 1 aromatic carbocycles. The Balaban J connectivity index is 1.40. The van der Waals surface area contributed by atoms with Crippen molar-refractivity contribution < 1.29 is 4.79 Å². The fourth-order valence-corrected chi connectivity index (χ4v) is 4.06. The van der Waals surface area contributed by atoms with Crippen molar-refractivity contribution in [2.45, 2.75) is 25.3 Å². The van der Waals surface area contributed by atoms with E-state index in [-0.39, 0.29) is 11.8 Å². The highest BCUT2D eigenvalue weighted by Gasteiger charge is 2.36. The number of anilines is 1. The lowest BCUT2D eigenvalue weighted by Crippen LogP contribution is -2.58. The minimum atomic E-state index is 0.0651. The maximum Gasteiger partial charge on any atom is 0.225 e. The van der Waals surface area contributed by atoms with E-state index in [2.05, 4.69) is 27.7 Å². The highest BCUT2D eigenvalue weighted by molar-refractivity contribution is 5.81. The second-order valence-electron chi connectivity index (χ2n) is 6.69. The molecule has 3 fully saturated rings. The van der Waals surface area contributed by atoms with Crippen molar-refractivity contribution in [1.82, 2.24) is 10.2 Å². The van der Waals surface area contributed by atoms with Crippen LogP contribution in [0.2, 0.25) is 0 Å². The minimum absolute atomic E-state index is 0.0651. The summed E-state index contributed by atoms with van der Waals surface area (Å²) in [6.07, 6.45) is 3.35. The maximum absolute atomic E-state index is 12.6. The Kier molecular flexibility index (Phi) is 3.34. The molecule has 2 bridgehead atoms. The van der Waals surface area contributed by atoms with E-state index in [9.17, 15) is 4.79 Å². The zero-order valence-corrected chi connectivity index (χ0v) is 12.3.